The molecule has 178 valence electrons. The molecule has 6 rings (SSSR count). The topological polar surface area (TPSA) is 117 Å². The largest absolute Gasteiger partial charge is 0.334 e. The highest BCUT2D eigenvalue weighted by atomic mass is 35.5. The third-order valence-corrected chi connectivity index (χ3v) is 7.06. The van der Waals surface area contributed by atoms with Crippen molar-refractivity contribution in [2.45, 2.75) is 50.7 Å². The van der Waals surface area contributed by atoms with Crippen molar-refractivity contribution < 1.29 is 18.9 Å². The number of nitrogens with one attached hydrogen (secondary N) is 2. The normalized spacial score (nSPS) is 19.6. The van der Waals surface area contributed by atoms with Crippen LogP contribution in [0.4, 0.5) is 6.01 Å². The van der Waals surface area contributed by atoms with E-state index in [0.717, 1.165) is 21.7 Å². The number of fused-ring (bicyclic) bond motifs is 1. The molecule has 3 aromatic rings. The third-order valence-electron chi connectivity index (χ3n) is 6.73. The quantitative estimate of drug-likeness (QED) is 0.505. The molecular weight excluding hydrogens is 470 g/mol. The van der Waals surface area contributed by atoms with E-state index < -0.39 is 11.9 Å². The summed E-state index contributed by atoms with van der Waals surface area (Å²) in [5, 5.41) is 10.2. The minimum atomic E-state index is -0.627. The summed E-state index contributed by atoms with van der Waals surface area (Å²) >= 11 is 6.43. The van der Waals surface area contributed by atoms with Gasteiger partial charge in [-0.05, 0) is 54.0 Å². The van der Waals surface area contributed by atoms with E-state index in [1.807, 2.05) is 30.3 Å². The minimum absolute atomic E-state index is 0.193. The Morgan fingerprint density at radius 2 is 1.97 bits per heavy atom. The Bertz CT molecular complexity index is 1370. The van der Waals surface area contributed by atoms with Crippen LogP contribution in [-0.4, -0.2) is 38.8 Å². The summed E-state index contributed by atoms with van der Waals surface area (Å²) in [6, 6.07) is 11.1. The molecule has 1 unspecified atom stereocenters. The number of hydrogen-bond donors (Lipinski definition) is 2. The number of piperidine rings is 1. The van der Waals surface area contributed by atoms with Gasteiger partial charge in [-0.15, -0.1) is 0 Å². The van der Waals surface area contributed by atoms with Crippen LogP contribution in [-0.2, 0) is 22.7 Å². The highest BCUT2D eigenvalue weighted by molar-refractivity contribution is 6.31. The minimum Gasteiger partial charge on any atom is -0.334 e. The Kier molecular flexibility index (Phi) is 5.29. The van der Waals surface area contributed by atoms with E-state index in [1.165, 1.54) is 23.3 Å². The Hall–Kier alpha value is -3.72. The van der Waals surface area contributed by atoms with E-state index in [2.05, 4.69) is 20.8 Å². The van der Waals surface area contributed by atoms with Gasteiger partial charge in [0.05, 0.1) is 0 Å². The van der Waals surface area contributed by atoms with E-state index >= 15 is 0 Å². The van der Waals surface area contributed by atoms with Gasteiger partial charge in [-0.2, -0.15) is 4.98 Å². The summed E-state index contributed by atoms with van der Waals surface area (Å²) < 4.78 is 5.35. The van der Waals surface area contributed by atoms with Crippen molar-refractivity contribution in [3.05, 3.63) is 63.7 Å². The Balaban J connectivity index is 1.12. The maximum Gasteiger partial charge on any atom is 0.322 e. The van der Waals surface area contributed by atoms with Gasteiger partial charge in [0.15, 0.2) is 0 Å². The van der Waals surface area contributed by atoms with Crippen molar-refractivity contribution in [1.82, 2.24) is 20.4 Å². The molecule has 3 amide bonds. The summed E-state index contributed by atoms with van der Waals surface area (Å²) in [5.74, 6) is 0.113. The number of amides is 3. The molecule has 1 aliphatic carbocycles. The number of halogens is 1. The van der Waals surface area contributed by atoms with Crippen molar-refractivity contribution in [2.24, 2.45) is 0 Å². The van der Waals surface area contributed by atoms with Gasteiger partial charge in [-0.3, -0.25) is 19.7 Å². The smallest absolute Gasteiger partial charge is 0.322 e. The van der Waals surface area contributed by atoms with Gasteiger partial charge in [0, 0.05) is 35.7 Å². The summed E-state index contributed by atoms with van der Waals surface area (Å²) in [7, 11) is 0. The first-order chi connectivity index (χ1) is 17.0. The van der Waals surface area contributed by atoms with Crippen molar-refractivity contribution in [1.29, 1.82) is 0 Å². The Morgan fingerprint density at radius 3 is 2.74 bits per heavy atom. The number of benzene rings is 2. The van der Waals surface area contributed by atoms with Gasteiger partial charge in [-0.25, -0.2) is 0 Å². The van der Waals surface area contributed by atoms with Crippen LogP contribution in [0, 0.1) is 0 Å². The van der Waals surface area contributed by atoms with Crippen LogP contribution in [0.3, 0.4) is 0 Å². The average Bonchev–Trinajstić information content (AvgIpc) is 3.48. The first-order valence-electron chi connectivity index (χ1n) is 11.6. The van der Waals surface area contributed by atoms with Gasteiger partial charge in [-0.1, -0.05) is 41.0 Å². The standard InChI is InChI=1S/C25H22ClN5O4/c26-19-10-15(4-6-17(19)14-2-3-14)22-29-25(35-30-22)27-11-13-1-5-18-16(9-13)12-31(24(18)34)20-7-8-21(32)28-23(20)33/h1,4-6,9-10,14,20H,2-3,7-8,11-12H2,(H,27,29,30)(H,28,32,33). The zero-order valence-electron chi connectivity index (χ0n) is 18.7. The Labute approximate surface area is 205 Å². The molecule has 2 fully saturated rings. The van der Waals surface area contributed by atoms with Crippen LogP contribution in [0.15, 0.2) is 40.9 Å². The number of hydrogen-bond acceptors (Lipinski definition) is 7. The van der Waals surface area contributed by atoms with Crippen LogP contribution in [0.1, 0.15) is 58.6 Å². The fourth-order valence-electron chi connectivity index (χ4n) is 4.72. The molecule has 1 aromatic heterocycles. The molecule has 35 heavy (non-hydrogen) atoms. The van der Waals surface area contributed by atoms with Crippen LogP contribution in [0.5, 0.6) is 0 Å². The molecule has 0 radical (unpaired) electrons. The van der Waals surface area contributed by atoms with E-state index in [0.29, 0.717) is 36.8 Å². The van der Waals surface area contributed by atoms with E-state index in [4.69, 9.17) is 16.1 Å². The van der Waals surface area contributed by atoms with Gasteiger partial charge in [0.2, 0.25) is 17.6 Å². The lowest BCUT2D eigenvalue weighted by atomic mass is 10.0. The average molecular weight is 492 g/mol. The third kappa shape index (κ3) is 4.16. The first-order valence-corrected chi connectivity index (χ1v) is 12.0. The SMILES string of the molecule is O=C1CCC(N2Cc3cc(CNc4nc(-c5ccc(C6CC6)c(Cl)c5)no4)ccc3C2=O)C(=O)N1. The number of carbonyl (C=O) groups excluding carboxylic acids is 3. The summed E-state index contributed by atoms with van der Waals surface area (Å²) in [6.45, 7) is 0.749. The number of carbonyl (C=O) groups is 3. The molecule has 9 nitrogen and oxygen atoms in total. The van der Waals surface area contributed by atoms with Crippen LogP contribution in [0.2, 0.25) is 5.02 Å². The van der Waals surface area contributed by atoms with Gasteiger partial charge < -0.3 is 14.7 Å². The van der Waals surface area contributed by atoms with Gasteiger partial charge in [0.25, 0.3) is 5.91 Å². The molecule has 10 heteroatoms. The molecule has 2 aliphatic heterocycles. The first kappa shape index (κ1) is 21.8. The second-order valence-corrected chi connectivity index (χ2v) is 9.59. The van der Waals surface area contributed by atoms with Crippen LogP contribution < -0.4 is 10.6 Å². The molecule has 2 N–H and O–H groups in total. The highest BCUT2D eigenvalue weighted by Crippen LogP contribution is 2.44. The fraction of sp³-hybridized carbons (Fsp3) is 0.320. The van der Waals surface area contributed by atoms with Crippen LogP contribution in [0.25, 0.3) is 11.4 Å². The zero-order valence-corrected chi connectivity index (χ0v) is 19.5. The monoisotopic (exact) mass is 491 g/mol. The van der Waals surface area contributed by atoms with E-state index in [9.17, 15) is 14.4 Å². The molecule has 2 aromatic carbocycles. The highest BCUT2D eigenvalue weighted by Gasteiger charge is 2.39. The van der Waals surface area contributed by atoms with Gasteiger partial charge >= 0.3 is 6.01 Å². The lowest BCUT2D eigenvalue weighted by molar-refractivity contribution is -0.136. The number of rotatable bonds is 6. The molecule has 0 bridgehead atoms. The summed E-state index contributed by atoms with van der Waals surface area (Å²) in [6.07, 6.45) is 2.93. The number of nitrogens with zero attached hydrogens (tertiary/aromatic N) is 3. The molecule has 1 saturated heterocycles. The Morgan fingerprint density at radius 1 is 1.11 bits per heavy atom. The van der Waals surface area contributed by atoms with Crippen molar-refractivity contribution in [3.63, 3.8) is 0 Å². The van der Waals surface area contributed by atoms with Gasteiger partial charge in [0.1, 0.15) is 6.04 Å². The molecule has 1 saturated carbocycles. The van der Waals surface area contributed by atoms with E-state index in [-0.39, 0.29) is 24.2 Å². The summed E-state index contributed by atoms with van der Waals surface area (Å²) in [5.41, 5.74) is 4.31. The lowest BCUT2D eigenvalue weighted by Crippen LogP contribution is -2.52. The second-order valence-electron chi connectivity index (χ2n) is 9.18. The zero-order chi connectivity index (χ0) is 24.1. The maximum absolute atomic E-state index is 12.8. The predicted octanol–water partition coefficient (Wildman–Crippen LogP) is 3.64. The van der Waals surface area contributed by atoms with Crippen LogP contribution >= 0.6 is 11.6 Å². The second kappa shape index (κ2) is 8.49. The number of anilines is 1. The maximum atomic E-state index is 12.8. The van der Waals surface area contributed by atoms with Crippen molar-refractivity contribution in [2.75, 3.05) is 5.32 Å². The van der Waals surface area contributed by atoms with E-state index in [1.54, 1.807) is 6.07 Å². The molecule has 0 spiro atoms. The van der Waals surface area contributed by atoms with Crippen molar-refractivity contribution >= 4 is 35.3 Å². The molecule has 1 atom stereocenters. The molecular formula is C25H22ClN5O4. The van der Waals surface area contributed by atoms with Crippen molar-refractivity contribution in [3.8, 4) is 11.4 Å². The molecule has 3 heterocycles. The predicted molar refractivity (Wildman–Crippen MR) is 127 cm³/mol. The lowest BCUT2D eigenvalue weighted by Gasteiger charge is -2.29. The summed E-state index contributed by atoms with van der Waals surface area (Å²) in [4.78, 5) is 42.5. The fourth-order valence-corrected chi connectivity index (χ4v) is 5.05. The molecule has 3 aliphatic rings. The number of aromatic nitrogens is 2. The number of imide groups is 1.